The molecule has 6 heteroatoms. The van der Waals surface area contributed by atoms with E-state index in [1.807, 2.05) is 22.9 Å². The lowest BCUT2D eigenvalue weighted by Crippen LogP contribution is -2.14. The maximum atomic E-state index is 12.2. The van der Waals surface area contributed by atoms with Crippen LogP contribution in [0.3, 0.4) is 0 Å². The molecule has 1 amide bonds. The number of methoxy groups -OCH3 is 1. The van der Waals surface area contributed by atoms with Crippen LogP contribution in [0.4, 0.5) is 5.69 Å². The molecule has 0 aliphatic carbocycles. The Labute approximate surface area is 131 Å². The fourth-order valence-electron chi connectivity index (χ4n) is 1.64. The molecule has 4 nitrogen and oxygen atoms in total. The van der Waals surface area contributed by atoms with Gasteiger partial charge in [0.25, 0.3) is 5.91 Å². The molecule has 0 unspecified atom stereocenters. The van der Waals surface area contributed by atoms with Gasteiger partial charge in [0.15, 0.2) is 0 Å². The minimum atomic E-state index is -0.510. The molecule has 21 heavy (non-hydrogen) atoms. The van der Waals surface area contributed by atoms with E-state index in [2.05, 4.69) is 5.32 Å². The van der Waals surface area contributed by atoms with E-state index in [9.17, 15) is 4.79 Å². The maximum Gasteiger partial charge on any atom is 0.266 e. The highest BCUT2D eigenvalue weighted by molar-refractivity contribution is 7.08. The third kappa shape index (κ3) is 3.85. The van der Waals surface area contributed by atoms with Crippen LogP contribution in [0.15, 0.2) is 40.6 Å². The predicted octanol–water partition coefficient (Wildman–Crippen LogP) is 3.96. The van der Waals surface area contributed by atoms with Crippen molar-refractivity contribution in [1.29, 1.82) is 5.26 Å². The summed E-state index contributed by atoms with van der Waals surface area (Å²) >= 11 is 7.39. The molecule has 0 atom stereocenters. The van der Waals surface area contributed by atoms with Crippen LogP contribution in [-0.4, -0.2) is 13.0 Å². The van der Waals surface area contributed by atoms with Crippen LogP contribution in [0, 0.1) is 11.3 Å². The molecule has 0 saturated heterocycles. The zero-order chi connectivity index (χ0) is 15.2. The molecule has 1 heterocycles. The van der Waals surface area contributed by atoms with Gasteiger partial charge in [-0.15, -0.1) is 0 Å². The van der Waals surface area contributed by atoms with Crippen LogP contribution in [0.2, 0.25) is 5.02 Å². The van der Waals surface area contributed by atoms with Crippen LogP contribution >= 0.6 is 22.9 Å². The predicted molar refractivity (Wildman–Crippen MR) is 84.5 cm³/mol. The van der Waals surface area contributed by atoms with Gasteiger partial charge >= 0.3 is 0 Å². The Morgan fingerprint density at radius 2 is 2.29 bits per heavy atom. The van der Waals surface area contributed by atoms with E-state index in [0.717, 1.165) is 5.56 Å². The van der Waals surface area contributed by atoms with E-state index in [1.54, 1.807) is 18.2 Å². The van der Waals surface area contributed by atoms with Crippen molar-refractivity contribution in [3.05, 3.63) is 51.2 Å². The van der Waals surface area contributed by atoms with E-state index in [1.165, 1.54) is 24.5 Å². The summed E-state index contributed by atoms with van der Waals surface area (Å²) in [6, 6.07) is 8.59. The average Bonchev–Trinajstić information content (AvgIpc) is 2.98. The van der Waals surface area contributed by atoms with Crippen molar-refractivity contribution in [3.8, 4) is 11.8 Å². The molecule has 0 saturated carbocycles. The maximum absolute atomic E-state index is 12.2. The van der Waals surface area contributed by atoms with E-state index < -0.39 is 5.91 Å². The van der Waals surface area contributed by atoms with Crippen molar-refractivity contribution in [3.63, 3.8) is 0 Å². The monoisotopic (exact) mass is 318 g/mol. The normalized spacial score (nSPS) is 10.8. The number of hydrogen-bond donors (Lipinski definition) is 1. The van der Waals surface area contributed by atoms with Gasteiger partial charge in [0, 0.05) is 5.02 Å². The summed E-state index contributed by atoms with van der Waals surface area (Å²) in [7, 11) is 1.49. The van der Waals surface area contributed by atoms with Crippen LogP contribution in [-0.2, 0) is 4.79 Å². The quantitative estimate of drug-likeness (QED) is 0.685. The van der Waals surface area contributed by atoms with E-state index in [4.69, 9.17) is 21.6 Å². The largest absolute Gasteiger partial charge is 0.495 e. The third-order valence-electron chi connectivity index (χ3n) is 2.63. The molecular formula is C15H11ClN2O2S. The van der Waals surface area contributed by atoms with Gasteiger partial charge in [-0.1, -0.05) is 11.6 Å². The van der Waals surface area contributed by atoms with Gasteiger partial charge in [-0.25, -0.2) is 0 Å². The highest BCUT2D eigenvalue weighted by Gasteiger charge is 2.13. The van der Waals surface area contributed by atoms with Gasteiger partial charge < -0.3 is 10.1 Å². The first-order valence-electron chi connectivity index (χ1n) is 5.93. The Hall–Kier alpha value is -2.29. The number of carbonyl (C=O) groups excluding carboxylic acids is 1. The number of hydrogen-bond acceptors (Lipinski definition) is 4. The summed E-state index contributed by atoms with van der Waals surface area (Å²) in [6.45, 7) is 0. The fourth-order valence-corrected chi connectivity index (χ4v) is 2.43. The lowest BCUT2D eigenvalue weighted by Gasteiger charge is -2.10. The van der Waals surface area contributed by atoms with Gasteiger partial charge in [0.2, 0.25) is 0 Å². The SMILES string of the molecule is COc1ccc(Cl)cc1NC(=O)/C(C#N)=C\c1ccsc1. The standard InChI is InChI=1S/C15H11ClN2O2S/c1-20-14-3-2-12(16)7-13(14)18-15(19)11(8-17)6-10-4-5-21-9-10/h2-7,9H,1H3,(H,18,19)/b11-6-. The number of amides is 1. The fraction of sp³-hybridized carbons (Fsp3) is 0.0667. The lowest BCUT2D eigenvalue weighted by molar-refractivity contribution is -0.112. The summed E-state index contributed by atoms with van der Waals surface area (Å²) in [5.74, 6) is -0.0372. The molecule has 0 aliphatic heterocycles. The van der Waals surface area contributed by atoms with E-state index in [0.29, 0.717) is 16.5 Å². The summed E-state index contributed by atoms with van der Waals surface area (Å²) < 4.78 is 5.15. The first kappa shape index (κ1) is 15.1. The number of thiophene rings is 1. The number of ether oxygens (including phenoxy) is 1. The van der Waals surface area contributed by atoms with Gasteiger partial charge in [0.05, 0.1) is 12.8 Å². The average molecular weight is 319 g/mol. The van der Waals surface area contributed by atoms with Gasteiger partial charge in [-0.3, -0.25) is 4.79 Å². The van der Waals surface area contributed by atoms with Crippen molar-refractivity contribution in [2.75, 3.05) is 12.4 Å². The number of anilines is 1. The minimum Gasteiger partial charge on any atom is -0.495 e. The van der Waals surface area contributed by atoms with Crippen molar-refractivity contribution in [1.82, 2.24) is 0 Å². The number of benzene rings is 1. The molecule has 2 rings (SSSR count). The lowest BCUT2D eigenvalue weighted by atomic mass is 10.2. The summed E-state index contributed by atoms with van der Waals surface area (Å²) in [5.41, 5.74) is 1.24. The van der Waals surface area contributed by atoms with Crippen LogP contribution in [0.25, 0.3) is 6.08 Å². The molecule has 0 bridgehead atoms. The zero-order valence-electron chi connectivity index (χ0n) is 11.1. The Balaban J connectivity index is 2.25. The first-order chi connectivity index (χ1) is 10.1. The zero-order valence-corrected chi connectivity index (χ0v) is 12.7. The van der Waals surface area contributed by atoms with E-state index >= 15 is 0 Å². The minimum absolute atomic E-state index is 0.00966. The van der Waals surface area contributed by atoms with Gasteiger partial charge in [-0.2, -0.15) is 16.6 Å². The summed E-state index contributed by atoms with van der Waals surface area (Å²) in [6.07, 6.45) is 1.53. The van der Waals surface area contributed by atoms with Crippen molar-refractivity contribution < 1.29 is 9.53 Å². The smallest absolute Gasteiger partial charge is 0.266 e. The van der Waals surface area contributed by atoms with Crippen LogP contribution in [0.1, 0.15) is 5.56 Å². The van der Waals surface area contributed by atoms with Crippen molar-refractivity contribution in [2.45, 2.75) is 0 Å². The summed E-state index contributed by atoms with van der Waals surface area (Å²) in [5, 5.41) is 15.9. The second-order valence-corrected chi connectivity index (χ2v) is 5.24. The highest BCUT2D eigenvalue weighted by Crippen LogP contribution is 2.28. The number of halogens is 1. The Kier molecular flexibility index (Phi) is 4.99. The molecule has 106 valence electrons. The topological polar surface area (TPSA) is 62.1 Å². The Morgan fingerprint density at radius 1 is 1.48 bits per heavy atom. The second kappa shape index (κ2) is 6.93. The molecule has 1 aromatic carbocycles. The Morgan fingerprint density at radius 3 is 2.90 bits per heavy atom. The molecule has 2 aromatic rings. The van der Waals surface area contributed by atoms with Crippen molar-refractivity contribution >= 4 is 40.6 Å². The highest BCUT2D eigenvalue weighted by atomic mass is 35.5. The number of nitriles is 1. The number of nitrogens with zero attached hydrogens (tertiary/aromatic N) is 1. The third-order valence-corrected chi connectivity index (χ3v) is 3.57. The molecule has 0 radical (unpaired) electrons. The Bertz CT molecular complexity index is 718. The van der Waals surface area contributed by atoms with Crippen molar-refractivity contribution in [2.24, 2.45) is 0 Å². The number of rotatable bonds is 4. The van der Waals surface area contributed by atoms with Gasteiger partial charge in [-0.05, 0) is 46.7 Å². The molecule has 0 spiro atoms. The molecule has 0 fully saturated rings. The first-order valence-corrected chi connectivity index (χ1v) is 7.25. The van der Waals surface area contributed by atoms with Crippen LogP contribution in [0.5, 0.6) is 5.75 Å². The molecular weight excluding hydrogens is 308 g/mol. The molecule has 1 aromatic heterocycles. The second-order valence-electron chi connectivity index (χ2n) is 4.03. The van der Waals surface area contributed by atoms with E-state index in [-0.39, 0.29) is 5.57 Å². The van der Waals surface area contributed by atoms with Gasteiger partial charge in [0.1, 0.15) is 17.4 Å². The molecule has 1 N–H and O–H groups in total. The molecule has 0 aliphatic rings. The number of carbonyl (C=O) groups is 1. The summed E-state index contributed by atoms with van der Waals surface area (Å²) in [4.78, 5) is 12.2. The van der Waals surface area contributed by atoms with Crippen LogP contribution < -0.4 is 10.1 Å². The number of nitrogens with one attached hydrogen (secondary N) is 1.